The zero-order valence-corrected chi connectivity index (χ0v) is 18.5. The maximum atomic E-state index is 11.9. The van der Waals surface area contributed by atoms with Crippen molar-refractivity contribution in [1.82, 2.24) is 10.6 Å². The Hall–Kier alpha value is -2.45. The molecule has 2 N–H and O–H groups in total. The number of hydrogen-bond acceptors (Lipinski definition) is 7. The fraction of sp³-hybridized carbons (Fsp3) is 0.762. The van der Waals surface area contributed by atoms with E-state index in [1.807, 2.05) is 13.8 Å². The van der Waals surface area contributed by atoms with E-state index in [2.05, 4.69) is 20.1 Å². The van der Waals surface area contributed by atoms with Gasteiger partial charge in [-0.2, -0.15) is 0 Å². The van der Waals surface area contributed by atoms with Crippen molar-refractivity contribution in [1.29, 1.82) is 0 Å². The summed E-state index contributed by atoms with van der Waals surface area (Å²) < 4.78 is 9.18. The van der Waals surface area contributed by atoms with E-state index in [1.165, 1.54) is 14.2 Å². The van der Waals surface area contributed by atoms with Crippen molar-refractivity contribution in [3.8, 4) is 0 Å². The van der Waals surface area contributed by atoms with Gasteiger partial charge in [-0.3, -0.25) is 14.4 Å². The molecule has 0 saturated heterocycles. The molecule has 0 heterocycles. The van der Waals surface area contributed by atoms with E-state index in [-0.39, 0.29) is 26.4 Å². The topological polar surface area (TPSA) is 128 Å². The third kappa shape index (κ3) is 10.9. The summed E-state index contributed by atoms with van der Waals surface area (Å²) in [5, 5.41) is 5.11. The standard InChI is InChI=1S/C13H21NO4.C8H15NO3.2H2/c1-3-4-5-11(13(17)18-2)14-12(16)9-6-7-10(15)8-9;1-3-4-5-7(9-6-10)8(11)12-2;;/h9,11H,3-8H2,1-2H3,(H,14,16);6-7H,3-5H2,1-2H3,(H,9,10);2*1H/t9-,11-;7-;;/m00../s1. The molecule has 0 aromatic heterocycles. The average molecular weight is 433 g/mol. The van der Waals surface area contributed by atoms with Crippen molar-refractivity contribution >= 4 is 30.0 Å². The maximum Gasteiger partial charge on any atom is 0.328 e. The van der Waals surface area contributed by atoms with Gasteiger partial charge < -0.3 is 20.1 Å². The first-order chi connectivity index (χ1) is 14.3. The quantitative estimate of drug-likeness (QED) is 0.357. The highest BCUT2D eigenvalue weighted by Crippen LogP contribution is 2.22. The molecule has 3 atom stereocenters. The number of nitrogens with one attached hydrogen (secondary N) is 2. The lowest BCUT2D eigenvalue weighted by Gasteiger charge is -2.18. The highest BCUT2D eigenvalue weighted by Gasteiger charge is 2.31. The molecule has 1 rings (SSSR count). The Balaban J connectivity index is -0.000000532. The second kappa shape index (κ2) is 16.4. The van der Waals surface area contributed by atoms with Crippen LogP contribution in [0.1, 0.15) is 74.5 Å². The van der Waals surface area contributed by atoms with Crippen molar-refractivity contribution in [2.45, 2.75) is 83.7 Å². The summed E-state index contributed by atoms with van der Waals surface area (Å²) in [6.45, 7) is 4.04. The van der Waals surface area contributed by atoms with Crippen LogP contribution in [0.4, 0.5) is 0 Å². The van der Waals surface area contributed by atoms with Crippen LogP contribution in [0.3, 0.4) is 0 Å². The third-order valence-corrected chi connectivity index (χ3v) is 4.87. The zero-order valence-electron chi connectivity index (χ0n) is 18.5. The van der Waals surface area contributed by atoms with Gasteiger partial charge in [-0.15, -0.1) is 0 Å². The van der Waals surface area contributed by atoms with E-state index in [4.69, 9.17) is 0 Å². The number of unbranched alkanes of at least 4 members (excludes halogenated alkanes) is 2. The van der Waals surface area contributed by atoms with E-state index in [9.17, 15) is 24.0 Å². The van der Waals surface area contributed by atoms with Crippen LogP contribution in [0.2, 0.25) is 0 Å². The van der Waals surface area contributed by atoms with Gasteiger partial charge in [-0.25, -0.2) is 9.59 Å². The highest BCUT2D eigenvalue weighted by molar-refractivity contribution is 5.92. The molecule has 0 aliphatic heterocycles. The number of ether oxygens (including phenoxy) is 2. The zero-order chi connectivity index (χ0) is 22.9. The Morgan fingerprint density at radius 2 is 1.60 bits per heavy atom. The van der Waals surface area contributed by atoms with Crippen LogP contribution >= 0.6 is 0 Å². The van der Waals surface area contributed by atoms with Gasteiger partial charge in [0.1, 0.15) is 17.9 Å². The second-order valence-electron chi connectivity index (χ2n) is 7.21. The lowest BCUT2D eigenvalue weighted by Crippen LogP contribution is -2.43. The predicted molar refractivity (Wildman–Crippen MR) is 115 cm³/mol. The molecule has 9 heteroatoms. The maximum absolute atomic E-state index is 11.9. The van der Waals surface area contributed by atoms with Crippen LogP contribution in [0.25, 0.3) is 0 Å². The Bertz CT molecular complexity index is 576. The van der Waals surface area contributed by atoms with Crippen molar-refractivity contribution in [3.05, 3.63) is 0 Å². The van der Waals surface area contributed by atoms with E-state index < -0.39 is 18.1 Å². The summed E-state index contributed by atoms with van der Waals surface area (Å²) in [5.74, 6) is -1.14. The Morgan fingerprint density at radius 3 is 2.03 bits per heavy atom. The lowest BCUT2D eigenvalue weighted by atomic mass is 10.1. The number of amides is 2. The third-order valence-electron chi connectivity index (χ3n) is 4.87. The van der Waals surface area contributed by atoms with Crippen molar-refractivity contribution in [2.24, 2.45) is 5.92 Å². The molecule has 1 saturated carbocycles. The molecule has 9 nitrogen and oxygen atoms in total. The van der Waals surface area contributed by atoms with Gasteiger partial charge in [0, 0.05) is 21.6 Å². The summed E-state index contributed by atoms with van der Waals surface area (Å²) in [4.78, 5) is 55.6. The summed E-state index contributed by atoms with van der Waals surface area (Å²) in [6.07, 6.45) is 6.80. The van der Waals surface area contributed by atoms with Gasteiger partial charge in [0.2, 0.25) is 12.3 Å². The normalized spacial score (nSPS) is 17.1. The number of hydrogen-bond donors (Lipinski definition) is 2. The molecular weight excluding hydrogens is 392 g/mol. The Kier molecular flexibility index (Phi) is 15.0. The molecule has 2 amide bonds. The minimum Gasteiger partial charge on any atom is -0.467 e. The molecule has 0 spiro atoms. The van der Waals surface area contributed by atoms with Crippen LogP contribution in [0.15, 0.2) is 0 Å². The van der Waals surface area contributed by atoms with Crippen LogP contribution in [0.5, 0.6) is 0 Å². The summed E-state index contributed by atoms with van der Waals surface area (Å²) in [6, 6.07) is -1.06. The van der Waals surface area contributed by atoms with E-state index in [1.54, 1.807) is 0 Å². The second-order valence-corrected chi connectivity index (χ2v) is 7.21. The minimum absolute atomic E-state index is 0. The number of methoxy groups -OCH3 is 2. The monoisotopic (exact) mass is 432 g/mol. The van der Waals surface area contributed by atoms with Gasteiger partial charge >= 0.3 is 11.9 Å². The molecule has 0 radical (unpaired) electrons. The van der Waals surface area contributed by atoms with Crippen LogP contribution in [-0.4, -0.2) is 56.3 Å². The lowest BCUT2D eigenvalue weighted by molar-refractivity contribution is -0.145. The van der Waals surface area contributed by atoms with Gasteiger partial charge in [-0.05, 0) is 19.3 Å². The SMILES string of the molecule is CCCC[C@H](NC(=O)[C@H]1CCC(=O)C1)C(=O)OC.CCCC[C@H](NC=O)C(=O)OC.[HH].[HH]. The first-order valence-corrected chi connectivity index (χ1v) is 10.5. The number of esters is 2. The summed E-state index contributed by atoms with van der Waals surface area (Å²) in [5.41, 5.74) is 0. The van der Waals surface area contributed by atoms with Crippen molar-refractivity contribution < 1.29 is 36.3 Å². The molecule has 0 aromatic carbocycles. The number of rotatable bonds is 12. The largest absolute Gasteiger partial charge is 0.467 e. The molecule has 0 bridgehead atoms. The van der Waals surface area contributed by atoms with E-state index >= 15 is 0 Å². The van der Waals surface area contributed by atoms with Gasteiger partial charge in [0.15, 0.2) is 0 Å². The van der Waals surface area contributed by atoms with Gasteiger partial charge in [-0.1, -0.05) is 39.5 Å². The average Bonchev–Trinajstić information content (AvgIpc) is 3.19. The molecule has 1 aliphatic rings. The van der Waals surface area contributed by atoms with Crippen LogP contribution in [-0.2, 0) is 33.4 Å². The smallest absolute Gasteiger partial charge is 0.328 e. The Morgan fingerprint density at radius 1 is 1.07 bits per heavy atom. The first-order valence-electron chi connectivity index (χ1n) is 10.5. The molecule has 176 valence electrons. The number of ketones is 1. The fourth-order valence-electron chi connectivity index (χ4n) is 3.03. The summed E-state index contributed by atoms with van der Waals surface area (Å²) >= 11 is 0. The predicted octanol–water partition coefficient (Wildman–Crippen LogP) is 2.16. The minimum atomic E-state index is -0.585. The van der Waals surface area contributed by atoms with Crippen molar-refractivity contribution in [3.63, 3.8) is 0 Å². The summed E-state index contributed by atoms with van der Waals surface area (Å²) in [7, 11) is 2.63. The number of Topliss-reactive ketones (excluding diaryl/α,β-unsaturated/α-hetero) is 1. The molecule has 0 aromatic rings. The van der Waals surface area contributed by atoms with Gasteiger partial charge in [0.05, 0.1) is 14.2 Å². The Labute approximate surface area is 181 Å². The molecule has 30 heavy (non-hydrogen) atoms. The number of carbonyl (C=O) groups excluding carboxylic acids is 5. The van der Waals surface area contributed by atoms with Crippen LogP contribution < -0.4 is 10.6 Å². The first kappa shape index (κ1) is 27.5. The number of carbonyl (C=O) groups is 5. The highest BCUT2D eigenvalue weighted by atomic mass is 16.5. The molecule has 0 unspecified atom stereocenters. The van der Waals surface area contributed by atoms with E-state index in [0.717, 1.165) is 25.7 Å². The van der Waals surface area contributed by atoms with Gasteiger partial charge in [0.25, 0.3) is 0 Å². The van der Waals surface area contributed by atoms with E-state index in [0.29, 0.717) is 38.5 Å². The molecular formula is C21H40N2O7. The van der Waals surface area contributed by atoms with Crippen LogP contribution in [0, 0.1) is 5.92 Å². The molecule has 1 aliphatic carbocycles. The van der Waals surface area contributed by atoms with Crippen molar-refractivity contribution in [2.75, 3.05) is 14.2 Å². The fourth-order valence-corrected chi connectivity index (χ4v) is 3.03. The molecule has 1 fully saturated rings.